The number of hydrogen-bond donors (Lipinski definition) is 0. The molecule has 0 bridgehead atoms. The second kappa shape index (κ2) is 3.52. The Bertz CT molecular complexity index is 144. The predicted molar refractivity (Wildman–Crippen MR) is 50.6 cm³/mol. The lowest BCUT2D eigenvalue weighted by molar-refractivity contribution is -0.118. The zero-order chi connectivity index (χ0) is 8.32. The Hall–Kier alpha value is -0.113. The fraction of sp³-hybridized carbons (Fsp3) is 0.889. The van der Waals surface area contributed by atoms with E-state index < -0.39 is 8.07 Å². The second-order valence-electron chi connectivity index (χ2n) is 4.10. The maximum atomic E-state index is 11.0. The van der Waals surface area contributed by atoms with Crippen molar-refractivity contribution in [1.29, 1.82) is 0 Å². The molecular formula is C9H18OSi. The molecular weight excluding hydrogens is 152 g/mol. The molecule has 1 aliphatic heterocycles. The third kappa shape index (κ3) is 2.44. The van der Waals surface area contributed by atoms with Gasteiger partial charge in [-0.05, 0) is 0 Å². The van der Waals surface area contributed by atoms with Crippen molar-refractivity contribution in [2.45, 2.75) is 50.9 Å². The highest BCUT2D eigenvalue weighted by molar-refractivity contribution is 6.79. The standard InChI is InChI=1S/C9H18OSi/c1-3-6-11(2)7-4-9(10)5-8-11/h3-8H2,1-2H3. The molecule has 11 heavy (non-hydrogen) atoms. The van der Waals surface area contributed by atoms with Gasteiger partial charge in [0.2, 0.25) is 0 Å². The van der Waals surface area contributed by atoms with E-state index in [1.165, 1.54) is 24.6 Å². The third-order valence-electron chi connectivity index (χ3n) is 2.87. The second-order valence-corrected chi connectivity index (χ2v) is 9.22. The highest BCUT2D eigenvalue weighted by Gasteiger charge is 2.30. The summed E-state index contributed by atoms with van der Waals surface area (Å²) in [6, 6.07) is 3.96. The zero-order valence-electron chi connectivity index (χ0n) is 7.65. The van der Waals surface area contributed by atoms with Gasteiger partial charge >= 0.3 is 0 Å². The molecule has 0 radical (unpaired) electrons. The molecule has 0 N–H and O–H groups in total. The minimum absolute atomic E-state index is 0.506. The van der Waals surface area contributed by atoms with Crippen LogP contribution < -0.4 is 0 Å². The molecule has 0 atom stereocenters. The first-order valence-corrected chi connectivity index (χ1v) is 7.80. The van der Waals surface area contributed by atoms with Crippen LogP contribution >= 0.6 is 0 Å². The van der Waals surface area contributed by atoms with E-state index in [0.717, 1.165) is 12.8 Å². The van der Waals surface area contributed by atoms with Crippen LogP contribution in [0.4, 0.5) is 0 Å². The van der Waals surface area contributed by atoms with E-state index in [9.17, 15) is 4.79 Å². The van der Waals surface area contributed by atoms with Crippen LogP contribution in [-0.4, -0.2) is 13.9 Å². The summed E-state index contributed by atoms with van der Waals surface area (Å²) in [5.74, 6) is 0.506. The maximum Gasteiger partial charge on any atom is 0.132 e. The van der Waals surface area contributed by atoms with E-state index >= 15 is 0 Å². The summed E-state index contributed by atoms with van der Waals surface area (Å²) in [6.07, 6.45) is 3.10. The first-order chi connectivity index (χ1) is 5.16. The minimum Gasteiger partial charge on any atom is -0.300 e. The van der Waals surface area contributed by atoms with Crippen LogP contribution in [-0.2, 0) is 4.79 Å². The number of carbonyl (C=O) groups excluding carboxylic acids is 1. The third-order valence-corrected chi connectivity index (χ3v) is 7.49. The van der Waals surface area contributed by atoms with Crippen LogP contribution in [0.3, 0.4) is 0 Å². The van der Waals surface area contributed by atoms with E-state index in [4.69, 9.17) is 0 Å². The van der Waals surface area contributed by atoms with Gasteiger partial charge in [-0.25, -0.2) is 0 Å². The van der Waals surface area contributed by atoms with Crippen molar-refractivity contribution in [2.24, 2.45) is 0 Å². The van der Waals surface area contributed by atoms with E-state index in [0.29, 0.717) is 5.78 Å². The quantitative estimate of drug-likeness (QED) is 0.582. The Kier molecular flexibility index (Phi) is 2.88. The topological polar surface area (TPSA) is 17.1 Å². The number of Topliss-reactive ketones (excluding diaryl/α,β-unsaturated/α-hetero) is 1. The number of carbonyl (C=O) groups is 1. The van der Waals surface area contributed by atoms with E-state index in [-0.39, 0.29) is 0 Å². The van der Waals surface area contributed by atoms with Gasteiger partial charge < -0.3 is 0 Å². The lowest BCUT2D eigenvalue weighted by Crippen LogP contribution is -2.34. The van der Waals surface area contributed by atoms with Gasteiger partial charge in [-0.3, -0.25) is 4.79 Å². The predicted octanol–water partition coefficient (Wildman–Crippen LogP) is 2.84. The number of hydrogen-bond acceptors (Lipinski definition) is 1. The normalized spacial score (nSPS) is 23.6. The molecule has 1 aliphatic rings. The van der Waals surface area contributed by atoms with Gasteiger partial charge in [0.05, 0.1) is 8.07 Å². The molecule has 0 amide bonds. The maximum absolute atomic E-state index is 11.0. The Morgan fingerprint density at radius 3 is 2.36 bits per heavy atom. The summed E-state index contributed by atoms with van der Waals surface area (Å²) in [5, 5.41) is 0. The van der Waals surface area contributed by atoms with Crippen LogP contribution in [0, 0.1) is 0 Å². The lowest BCUT2D eigenvalue weighted by atomic mass is 10.2. The van der Waals surface area contributed by atoms with Gasteiger partial charge in [-0.2, -0.15) is 0 Å². The van der Waals surface area contributed by atoms with Crippen molar-refractivity contribution in [3.05, 3.63) is 0 Å². The van der Waals surface area contributed by atoms with Gasteiger partial charge in [0, 0.05) is 12.8 Å². The molecule has 1 saturated heterocycles. The van der Waals surface area contributed by atoms with Crippen LogP contribution in [0.2, 0.25) is 24.7 Å². The Balaban J connectivity index is 2.41. The molecule has 0 spiro atoms. The molecule has 0 aliphatic carbocycles. The number of ketones is 1. The summed E-state index contributed by atoms with van der Waals surface area (Å²) in [4.78, 5) is 11.0. The summed E-state index contributed by atoms with van der Waals surface area (Å²) in [5.41, 5.74) is 0. The van der Waals surface area contributed by atoms with Gasteiger partial charge in [-0.1, -0.05) is 38.0 Å². The molecule has 1 rings (SSSR count). The highest BCUT2D eigenvalue weighted by atomic mass is 28.3. The van der Waals surface area contributed by atoms with Crippen LogP contribution in [0.5, 0.6) is 0 Å². The molecule has 64 valence electrons. The molecule has 1 heterocycles. The van der Waals surface area contributed by atoms with Crippen LogP contribution in [0.1, 0.15) is 26.2 Å². The highest BCUT2D eigenvalue weighted by Crippen LogP contribution is 2.30. The molecule has 1 nitrogen and oxygen atoms in total. The van der Waals surface area contributed by atoms with Gasteiger partial charge in [0.25, 0.3) is 0 Å². The van der Waals surface area contributed by atoms with E-state index in [1.807, 2.05) is 0 Å². The average Bonchev–Trinajstić information content (AvgIpc) is 1.97. The van der Waals surface area contributed by atoms with Crippen LogP contribution in [0.25, 0.3) is 0 Å². The SMILES string of the molecule is CCC[Si]1(C)CCC(=O)CC1. The number of rotatable bonds is 2. The summed E-state index contributed by atoms with van der Waals surface area (Å²) < 4.78 is 0. The van der Waals surface area contributed by atoms with E-state index in [2.05, 4.69) is 13.5 Å². The first-order valence-electron chi connectivity index (χ1n) is 4.68. The summed E-state index contributed by atoms with van der Waals surface area (Å²) in [6.45, 7) is 4.72. The van der Waals surface area contributed by atoms with Crippen molar-refractivity contribution >= 4 is 13.9 Å². The molecule has 0 aromatic carbocycles. The molecule has 2 heteroatoms. The summed E-state index contributed by atoms with van der Waals surface area (Å²) >= 11 is 0. The Morgan fingerprint density at radius 2 is 1.91 bits per heavy atom. The summed E-state index contributed by atoms with van der Waals surface area (Å²) in [7, 11) is -0.899. The van der Waals surface area contributed by atoms with Gasteiger partial charge in [0.1, 0.15) is 5.78 Å². The molecule has 0 aromatic rings. The van der Waals surface area contributed by atoms with Crippen molar-refractivity contribution < 1.29 is 4.79 Å². The lowest BCUT2D eigenvalue weighted by Gasteiger charge is -2.30. The fourth-order valence-corrected chi connectivity index (χ4v) is 5.71. The van der Waals surface area contributed by atoms with Gasteiger partial charge in [-0.15, -0.1) is 0 Å². The Morgan fingerprint density at radius 1 is 1.36 bits per heavy atom. The van der Waals surface area contributed by atoms with Crippen molar-refractivity contribution in [1.82, 2.24) is 0 Å². The van der Waals surface area contributed by atoms with Crippen molar-refractivity contribution in [3.63, 3.8) is 0 Å². The van der Waals surface area contributed by atoms with Crippen molar-refractivity contribution in [3.8, 4) is 0 Å². The molecule has 0 aromatic heterocycles. The van der Waals surface area contributed by atoms with Crippen molar-refractivity contribution in [2.75, 3.05) is 0 Å². The minimum atomic E-state index is -0.899. The molecule has 1 fully saturated rings. The van der Waals surface area contributed by atoms with Gasteiger partial charge in [0.15, 0.2) is 0 Å². The largest absolute Gasteiger partial charge is 0.300 e. The zero-order valence-corrected chi connectivity index (χ0v) is 8.65. The van der Waals surface area contributed by atoms with E-state index in [1.54, 1.807) is 0 Å². The molecule has 0 saturated carbocycles. The monoisotopic (exact) mass is 170 g/mol. The smallest absolute Gasteiger partial charge is 0.132 e. The first kappa shape index (κ1) is 8.98. The Labute approximate surface area is 70.2 Å². The fourth-order valence-electron chi connectivity index (χ4n) is 1.99. The van der Waals surface area contributed by atoms with Crippen LogP contribution in [0.15, 0.2) is 0 Å². The molecule has 0 unspecified atom stereocenters. The average molecular weight is 170 g/mol.